The predicted octanol–water partition coefficient (Wildman–Crippen LogP) is 3.92. The summed E-state index contributed by atoms with van der Waals surface area (Å²) in [6.07, 6.45) is 0. The van der Waals surface area contributed by atoms with Crippen LogP contribution < -0.4 is 10.6 Å². The van der Waals surface area contributed by atoms with E-state index in [4.69, 9.17) is 0 Å². The van der Waals surface area contributed by atoms with Crippen LogP contribution in [0, 0.1) is 12.7 Å². The van der Waals surface area contributed by atoms with Gasteiger partial charge in [-0.2, -0.15) is 0 Å². The molecule has 0 saturated heterocycles. The van der Waals surface area contributed by atoms with Crippen LogP contribution in [0.3, 0.4) is 0 Å². The summed E-state index contributed by atoms with van der Waals surface area (Å²) in [6, 6.07) is 21.7. The summed E-state index contributed by atoms with van der Waals surface area (Å²) in [5.74, 6) is -1.02. The molecule has 142 valence electrons. The molecular weight excluding hydrogens is 355 g/mol. The van der Waals surface area contributed by atoms with Gasteiger partial charge in [-0.25, -0.2) is 4.39 Å². The molecule has 0 spiro atoms. The van der Waals surface area contributed by atoms with Crippen LogP contribution in [0.2, 0.25) is 0 Å². The van der Waals surface area contributed by atoms with E-state index in [1.165, 1.54) is 6.07 Å². The van der Waals surface area contributed by atoms with Gasteiger partial charge in [0.1, 0.15) is 11.9 Å². The zero-order valence-corrected chi connectivity index (χ0v) is 15.5. The minimum Gasteiger partial charge on any atom is -0.350 e. The normalized spacial score (nSPS) is 11.5. The Hall–Kier alpha value is -3.47. The molecule has 3 aromatic rings. The second-order valence-electron chi connectivity index (χ2n) is 6.48. The highest BCUT2D eigenvalue weighted by molar-refractivity contribution is 5.97. The summed E-state index contributed by atoms with van der Waals surface area (Å²) in [7, 11) is 0. The number of rotatable bonds is 6. The summed E-state index contributed by atoms with van der Waals surface area (Å²) >= 11 is 0. The Morgan fingerprint density at radius 1 is 0.929 bits per heavy atom. The van der Waals surface area contributed by atoms with Crippen LogP contribution in [0.25, 0.3) is 0 Å². The van der Waals surface area contributed by atoms with E-state index in [-0.39, 0.29) is 24.2 Å². The molecule has 3 rings (SSSR count). The van der Waals surface area contributed by atoms with E-state index in [9.17, 15) is 14.0 Å². The van der Waals surface area contributed by atoms with E-state index in [1.807, 2.05) is 12.1 Å². The van der Waals surface area contributed by atoms with Gasteiger partial charge in [0, 0.05) is 12.1 Å². The third-order valence-electron chi connectivity index (χ3n) is 4.41. The molecule has 0 radical (unpaired) electrons. The fraction of sp³-hybridized carbons (Fsp3) is 0.130. The third-order valence-corrected chi connectivity index (χ3v) is 4.41. The summed E-state index contributed by atoms with van der Waals surface area (Å²) in [5, 5.41) is 5.56. The van der Waals surface area contributed by atoms with E-state index in [1.54, 1.807) is 67.6 Å². The van der Waals surface area contributed by atoms with Crippen LogP contribution in [0.5, 0.6) is 0 Å². The molecule has 0 aliphatic carbocycles. The van der Waals surface area contributed by atoms with Gasteiger partial charge >= 0.3 is 0 Å². The number of carbonyl (C=O) groups is 2. The number of aryl methyl sites for hydroxylation is 1. The third kappa shape index (κ3) is 4.82. The van der Waals surface area contributed by atoms with Gasteiger partial charge < -0.3 is 10.6 Å². The summed E-state index contributed by atoms with van der Waals surface area (Å²) in [5.41, 5.74) is 2.33. The molecule has 1 unspecified atom stereocenters. The van der Waals surface area contributed by atoms with Crippen LogP contribution in [0.1, 0.15) is 33.1 Å². The first-order valence-corrected chi connectivity index (χ1v) is 8.98. The number of hydrogen-bond donors (Lipinski definition) is 2. The molecule has 4 nitrogen and oxygen atoms in total. The number of halogens is 1. The average Bonchev–Trinajstić information content (AvgIpc) is 2.73. The van der Waals surface area contributed by atoms with Crippen molar-refractivity contribution in [2.45, 2.75) is 19.5 Å². The first-order chi connectivity index (χ1) is 13.5. The molecule has 0 aromatic heterocycles. The van der Waals surface area contributed by atoms with Gasteiger partial charge in [-0.1, -0.05) is 60.7 Å². The average molecular weight is 376 g/mol. The van der Waals surface area contributed by atoms with Crippen LogP contribution in [-0.4, -0.2) is 11.8 Å². The lowest BCUT2D eigenvalue weighted by Gasteiger charge is -2.19. The highest BCUT2D eigenvalue weighted by Gasteiger charge is 2.23. The Morgan fingerprint density at radius 2 is 1.57 bits per heavy atom. The zero-order chi connectivity index (χ0) is 19.9. The number of benzene rings is 3. The molecular formula is C23H21FN2O2. The SMILES string of the molecule is Cc1ccc(CNC(=O)C(NC(=O)c2ccccc2)c2ccccc2)cc1F. The molecule has 28 heavy (non-hydrogen) atoms. The molecule has 0 saturated carbocycles. The molecule has 5 heteroatoms. The Labute approximate surface area is 163 Å². The second kappa shape index (κ2) is 8.95. The van der Waals surface area contributed by atoms with Gasteiger partial charge in [-0.15, -0.1) is 0 Å². The van der Waals surface area contributed by atoms with Gasteiger partial charge in [0.25, 0.3) is 5.91 Å². The summed E-state index contributed by atoms with van der Waals surface area (Å²) in [4.78, 5) is 25.4. The Kier molecular flexibility index (Phi) is 6.17. The molecule has 1 atom stereocenters. The van der Waals surface area contributed by atoms with Gasteiger partial charge in [-0.05, 0) is 41.8 Å². The Balaban J connectivity index is 1.75. The van der Waals surface area contributed by atoms with E-state index in [0.717, 1.165) is 0 Å². The van der Waals surface area contributed by atoms with E-state index in [0.29, 0.717) is 22.3 Å². The van der Waals surface area contributed by atoms with Crippen molar-refractivity contribution in [2.75, 3.05) is 0 Å². The van der Waals surface area contributed by atoms with Crippen molar-refractivity contribution < 1.29 is 14.0 Å². The lowest BCUT2D eigenvalue weighted by atomic mass is 10.0. The highest BCUT2D eigenvalue weighted by Crippen LogP contribution is 2.15. The van der Waals surface area contributed by atoms with Gasteiger partial charge in [-0.3, -0.25) is 9.59 Å². The number of carbonyl (C=O) groups excluding carboxylic acids is 2. The first-order valence-electron chi connectivity index (χ1n) is 8.98. The molecule has 0 bridgehead atoms. The number of amides is 2. The van der Waals surface area contributed by atoms with Crippen molar-refractivity contribution in [2.24, 2.45) is 0 Å². The maximum absolute atomic E-state index is 13.7. The summed E-state index contributed by atoms with van der Waals surface area (Å²) < 4.78 is 13.7. The van der Waals surface area contributed by atoms with Crippen molar-refractivity contribution in [3.63, 3.8) is 0 Å². The lowest BCUT2D eigenvalue weighted by Crippen LogP contribution is -2.40. The standard InChI is InChI=1S/C23H21FN2O2/c1-16-12-13-17(14-20(16)24)15-25-23(28)21(18-8-4-2-5-9-18)26-22(27)19-10-6-3-7-11-19/h2-14,21H,15H2,1H3,(H,25,28)(H,26,27). The zero-order valence-electron chi connectivity index (χ0n) is 15.5. The smallest absolute Gasteiger partial charge is 0.252 e. The van der Waals surface area contributed by atoms with Crippen LogP contribution in [0.15, 0.2) is 78.9 Å². The molecule has 3 aromatic carbocycles. The fourth-order valence-corrected chi connectivity index (χ4v) is 2.79. The van der Waals surface area contributed by atoms with Crippen LogP contribution >= 0.6 is 0 Å². The van der Waals surface area contributed by atoms with Crippen molar-refractivity contribution >= 4 is 11.8 Å². The van der Waals surface area contributed by atoms with Gasteiger partial charge in [0.15, 0.2) is 0 Å². The Morgan fingerprint density at radius 3 is 2.21 bits per heavy atom. The molecule has 0 fully saturated rings. The largest absolute Gasteiger partial charge is 0.350 e. The van der Waals surface area contributed by atoms with E-state index < -0.39 is 6.04 Å². The summed E-state index contributed by atoms with van der Waals surface area (Å²) in [6.45, 7) is 1.85. The predicted molar refractivity (Wildman–Crippen MR) is 106 cm³/mol. The quantitative estimate of drug-likeness (QED) is 0.685. The van der Waals surface area contributed by atoms with Crippen molar-refractivity contribution in [1.82, 2.24) is 10.6 Å². The van der Waals surface area contributed by atoms with Crippen molar-refractivity contribution in [1.29, 1.82) is 0 Å². The topological polar surface area (TPSA) is 58.2 Å². The number of nitrogens with one attached hydrogen (secondary N) is 2. The molecule has 2 amide bonds. The second-order valence-corrected chi connectivity index (χ2v) is 6.48. The molecule has 0 aliphatic rings. The molecule has 0 aliphatic heterocycles. The monoisotopic (exact) mass is 376 g/mol. The maximum Gasteiger partial charge on any atom is 0.252 e. The Bertz CT molecular complexity index is 959. The molecule has 0 heterocycles. The highest BCUT2D eigenvalue weighted by atomic mass is 19.1. The van der Waals surface area contributed by atoms with Gasteiger partial charge in [0.2, 0.25) is 5.91 Å². The van der Waals surface area contributed by atoms with Crippen molar-refractivity contribution in [3.05, 3.63) is 107 Å². The van der Waals surface area contributed by atoms with Crippen molar-refractivity contribution in [3.8, 4) is 0 Å². The maximum atomic E-state index is 13.7. The van der Waals surface area contributed by atoms with Crippen LogP contribution in [0.4, 0.5) is 4.39 Å². The van der Waals surface area contributed by atoms with Crippen LogP contribution in [-0.2, 0) is 11.3 Å². The van der Waals surface area contributed by atoms with E-state index >= 15 is 0 Å². The molecule has 2 N–H and O–H groups in total. The fourth-order valence-electron chi connectivity index (χ4n) is 2.79. The minimum absolute atomic E-state index is 0.167. The minimum atomic E-state index is -0.857. The van der Waals surface area contributed by atoms with Gasteiger partial charge in [0.05, 0.1) is 0 Å². The lowest BCUT2D eigenvalue weighted by molar-refractivity contribution is -0.123. The number of hydrogen-bond acceptors (Lipinski definition) is 2. The van der Waals surface area contributed by atoms with E-state index in [2.05, 4.69) is 10.6 Å². The first kappa shape index (κ1) is 19.3.